The molecule has 154 valence electrons. The van der Waals surface area contributed by atoms with Crippen LogP contribution in [0.15, 0.2) is 17.9 Å². The van der Waals surface area contributed by atoms with Crippen LogP contribution in [0.3, 0.4) is 0 Å². The molecule has 0 atom stereocenters. The largest absolute Gasteiger partial charge is 0.447 e. The Labute approximate surface area is 169 Å². The van der Waals surface area contributed by atoms with Crippen LogP contribution in [0.25, 0.3) is 5.57 Å². The Morgan fingerprint density at radius 2 is 1.64 bits per heavy atom. The summed E-state index contributed by atoms with van der Waals surface area (Å²) < 4.78 is 11.8. The zero-order valence-electron chi connectivity index (χ0n) is 17.3. The van der Waals surface area contributed by atoms with Crippen LogP contribution in [0, 0.1) is 26.2 Å². The van der Waals surface area contributed by atoms with Crippen LogP contribution < -0.4 is 0 Å². The summed E-state index contributed by atoms with van der Waals surface area (Å²) in [6.07, 6.45) is 3.65. The summed E-state index contributed by atoms with van der Waals surface area (Å²) in [6, 6.07) is 4.10. The van der Waals surface area contributed by atoms with Crippen molar-refractivity contribution in [1.29, 1.82) is 0 Å². The lowest BCUT2D eigenvalue weighted by atomic mass is 9.89. The molecule has 1 saturated carbocycles. The third-order valence-corrected chi connectivity index (χ3v) is 5.36. The fraction of sp³-hybridized carbons (Fsp3) is 0.583. The van der Waals surface area contributed by atoms with Gasteiger partial charge in [-0.25, -0.2) is 4.79 Å². The topological polar surface area (TPSA) is 52.6 Å². The molecule has 0 bridgehead atoms. The molecule has 28 heavy (non-hydrogen) atoms. The molecule has 4 nitrogen and oxygen atoms in total. The van der Waals surface area contributed by atoms with Gasteiger partial charge >= 0.3 is 11.9 Å². The number of aryl methyl sites for hydroxylation is 3. The molecule has 2 aliphatic rings. The van der Waals surface area contributed by atoms with E-state index in [9.17, 15) is 9.59 Å². The lowest BCUT2D eigenvalue weighted by Crippen LogP contribution is -2.31. The van der Waals surface area contributed by atoms with Crippen molar-refractivity contribution < 1.29 is 19.1 Å². The van der Waals surface area contributed by atoms with E-state index in [4.69, 9.17) is 9.47 Å². The van der Waals surface area contributed by atoms with Gasteiger partial charge in [0.05, 0.1) is 6.42 Å². The van der Waals surface area contributed by atoms with Crippen molar-refractivity contribution >= 4 is 17.5 Å². The van der Waals surface area contributed by atoms with E-state index in [1.165, 1.54) is 0 Å². The van der Waals surface area contributed by atoms with Gasteiger partial charge in [-0.1, -0.05) is 45.9 Å². The van der Waals surface area contributed by atoms with E-state index in [1.54, 1.807) is 0 Å². The molecular formula is C24H34O4. The van der Waals surface area contributed by atoms with Crippen LogP contribution in [-0.4, -0.2) is 17.5 Å². The van der Waals surface area contributed by atoms with Gasteiger partial charge in [0, 0.05) is 0 Å². The molecule has 0 N–H and O–H groups in total. The molecule has 1 heterocycles. The molecule has 1 aliphatic carbocycles. The van der Waals surface area contributed by atoms with Crippen LogP contribution in [0.2, 0.25) is 0 Å². The van der Waals surface area contributed by atoms with Crippen molar-refractivity contribution in [2.45, 2.75) is 86.7 Å². The monoisotopic (exact) mass is 386 g/mol. The maximum atomic E-state index is 12.9. The lowest BCUT2D eigenvalue weighted by Gasteiger charge is -2.26. The van der Waals surface area contributed by atoms with Gasteiger partial charge in [-0.15, -0.1) is 0 Å². The highest BCUT2D eigenvalue weighted by Crippen LogP contribution is 2.49. The van der Waals surface area contributed by atoms with E-state index in [1.807, 2.05) is 41.5 Å². The van der Waals surface area contributed by atoms with Gasteiger partial charge in [0.25, 0.3) is 0 Å². The van der Waals surface area contributed by atoms with E-state index in [0.29, 0.717) is 30.6 Å². The maximum absolute atomic E-state index is 12.9. The molecule has 0 amide bonds. The van der Waals surface area contributed by atoms with Crippen molar-refractivity contribution in [2.75, 3.05) is 0 Å². The van der Waals surface area contributed by atoms with Crippen molar-refractivity contribution in [1.82, 2.24) is 0 Å². The molecule has 1 fully saturated rings. The molecular weight excluding hydrogens is 352 g/mol. The average molecular weight is 387 g/mol. The highest BCUT2D eigenvalue weighted by atomic mass is 16.6. The maximum Gasteiger partial charge on any atom is 0.343 e. The fourth-order valence-corrected chi connectivity index (χ4v) is 4.39. The molecule has 0 unspecified atom stereocenters. The molecule has 0 radical (unpaired) electrons. The van der Waals surface area contributed by atoms with Crippen molar-refractivity contribution in [3.63, 3.8) is 0 Å². The Balaban J connectivity index is 0.00000280. The number of ether oxygens (including phenoxy) is 2. The summed E-state index contributed by atoms with van der Waals surface area (Å²) in [5.74, 6) is -0.234. The third kappa shape index (κ3) is 4.16. The van der Waals surface area contributed by atoms with E-state index >= 15 is 0 Å². The van der Waals surface area contributed by atoms with Crippen LogP contribution in [0.5, 0.6) is 0 Å². The van der Waals surface area contributed by atoms with Crippen LogP contribution >= 0.6 is 0 Å². The molecule has 0 aromatic heterocycles. The summed E-state index contributed by atoms with van der Waals surface area (Å²) in [4.78, 5) is 25.6. The summed E-state index contributed by atoms with van der Waals surface area (Å²) in [6.45, 7) is 12.0. The second-order valence-corrected chi connectivity index (χ2v) is 9.28. The average Bonchev–Trinajstić information content (AvgIpc) is 3.05. The SMILES string of the molecule is C.Cc1cc(C)c(C2=C(OC(=O)CC(C)(C)C)C3(CCCC3)OC2=O)c(C)c1. The molecule has 1 spiro atoms. The molecule has 1 aliphatic heterocycles. The number of carbonyl (C=O) groups excluding carboxylic acids is 2. The van der Waals surface area contributed by atoms with E-state index in [0.717, 1.165) is 35.1 Å². The Kier molecular flexibility index (Phi) is 6.13. The van der Waals surface area contributed by atoms with Gasteiger partial charge in [-0.2, -0.15) is 0 Å². The van der Waals surface area contributed by atoms with Gasteiger partial charge in [0.1, 0.15) is 5.57 Å². The Hall–Kier alpha value is -2.10. The number of carbonyl (C=O) groups is 2. The van der Waals surface area contributed by atoms with E-state index in [2.05, 4.69) is 12.1 Å². The van der Waals surface area contributed by atoms with Gasteiger partial charge in [0.15, 0.2) is 11.4 Å². The first-order valence-corrected chi connectivity index (χ1v) is 9.79. The highest BCUT2D eigenvalue weighted by molar-refractivity contribution is 6.20. The lowest BCUT2D eigenvalue weighted by molar-refractivity contribution is -0.153. The Morgan fingerprint density at radius 3 is 2.14 bits per heavy atom. The number of benzene rings is 1. The van der Waals surface area contributed by atoms with Gasteiger partial charge in [-0.3, -0.25) is 4.79 Å². The minimum atomic E-state index is -0.774. The van der Waals surface area contributed by atoms with Crippen LogP contribution in [0.1, 0.15) is 82.6 Å². The molecule has 3 rings (SSSR count). The third-order valence-electron chi connectivity index (χ3n) is 5.36. The Morgan fingerprint density at radius 1 is 1.11 bits per heavy atom. The van der Waals surface area contributed by atoms with E-state index < -0.39 is 5.60 Å². The summed E-state index contributed by atoms with van der Waals surface area (Å²) >= 11 is 0. The first kappa shape index (κ1) is 22.2. The molecule has 1 aromatic carbocycles. The first-order valence-electron chi connectivity index (χ1n) is 9.79. The molecule has 1 aromatic rings. The van der Waals surface area contributed by atoms with E-state index in [-0.39, 0.29) is 24.8 Å². The number of rotatable bonds is 3. The predicted molar refractivity (Wildman–Crippen MR) is 112 cm³/mol. The minimum Gasteiger partial charge on any atom is -0.447 e. The predicted octanol–water partition coefficient (Wildman–Crippen LogP) is 5.81. The standard InChI is InChI=1S/C23H30O4.CH4/c1-14-11-15(2)18(16(3)12-14)19-20(26-17(24)13-22(4,5)6)23(27-21(19)25)9-7-8-10-23;/h11-12H,7-10,13H2,1-6H3;1H4. The zero-order chi connectivity index (χ0) is 20.0. The summed E-state index contributed by atoms with van der Waals surface area (Å²) in [5.41, 5.74) is 3.46. The summed E-state index contributed by atoms with van der Waals surface area (Å²) in [5, 5.41) is 0. The molecule has 4 heteroatoms. The fourth-order valence-electron chi connectivity index (χ4n) is 4.39. The second-order valence-electron chi connectivity index (χ2n) is 9.28. The number of esters is 2. The quantitative estimate of drug-likeness (QED) is 0.615. The van der Waals surface area contributed by atoms with Crippen LogP contribution in [-0.2, 0) is 19.1 Å². The Bertz CT molecular complexity index is 794. The first-order chi connectivity index (χ1) is 12.5. The summed E-state index contributed by atoms with van der Waals surface area (Å²) in [7, 11) is 0. The normalized spacial score (nSPS) is 18.3. The zero-order valence-corrected chi connectivity index (χ0v) is 17.3. The van der Waals surface area contributed by atoms with Crippen molar-refractivity contribution in [3.8, 4) is 0 Å². The van der Waals surface area contributed by atoms with Gasteiger partial charge < -0.3 is 9.47 Å². The van der Waals surface area contributed by atoms with Gasteiger partial charge in [0.2, 0.25) is 0 Å². The van der Waals surface area contributed by atoms with Crippen LogP contribution in [0.4, 0.5) is 0 Å². The highest BCUT2D eigenvalue weighted by Gasteiger charge is 2.52. The minimum absolute atomic E-state index is 0. The van der Waals surface area contributed by atoms with Gasteiger partial charge in [-0.05, 0) is 68.6 Å². The second kappa shape index (κ2) is 7.73. The van der Waals surface area contributed by atoms with Crippen molar-refractivity contribution in [2.24, 2.45) is 5.41 Å². The molecule has 0 saturated heterocycles. The smallest absolute Gasteiger partial charge is 0.343 e. The number of hydrogen-bond acceptors (Lipinski definition) is 4. The van der Waals surface area contributed by atoms with Crippen molar-refractivity contribution in [3.05, 3.63) is 40.1 Å². The number of hydrogen-bond donors (Lipinski definition) is 0.